The molecule has 0 unspecified atom stereocenters. The van der Waals surface area contributed by atoms with E-state index in [0.29, 0.717) is 6.54 Å². The van der Waals surface area contributed by atoms with Gasteiger partial charge in [-0.2, -0.15) is 4.91 Å². The highest BCUT2D eigenvalue weighted by Gasteiger charge is 1.84. The van der Waals surface area contributed by atoms with Crippen molar-refractivity contribution >= 4 is 0 Å². The Bertz CT molecular complexity index is 54.5. The molecule has 0 amide bonds. The normalized spacial score (nSPS) is 9.12. The zero-order valence-corrected chi connectivity index (χ0v) is 5.39. The van der Waals surface area contributed by atoms with Gasteiger partial charge in [-0.25, -0.2) is 0 Å². The van der Waals surface area contributed by atoms with E-state index >= 15 is 0 Å². The third-order valence-electron chi connectivity index (χ3n) is 1.10. The van der Waals surface area contributed by atoms with Crippen LogP contribution in [0.15, 0.2) is 5.18 Å². The number of unbranched alkanes of at least 4 members (excludes halogenated alkanes) is 3. The Labute approximate surface area is 50.3 Å². The summed E-state index contributed by atoms with van der Waals surface area (Å²) in [6, 6.07) is 0. The molecule has 48 valence electrons. The van der Waals surface area contributed by atoms with Crippen LogP contribution in [0.1, 0.15) is 32.6 Å². The molecule has 0 bridgehead atoms. The second kappa shape index (κ2) is 6.60. The van der Waals surface area contributed by atoms with Gasteiger partial charge in [-0.05, 0) is 6.42 Å². The fourth-order valence-electron chi connectivity index (χ4n) is 0.603. The van der Waals surface area contributed by atoms with Crippen molar-refractivity contribution in [3.8, 4) is 0 Å². The van der Waals surface area contributed by atoms with Gasteiger partial charge in [0.05, 0.1) is 6.54 Å². The van der Waals surface area contributed by atoms with Gasteiger partial charge in [-0.15, -0.1) is 0 Å². The van der Waals surface area contributed by atoms with Crippen LogP contribution in [-0.4, -0.2) is 6.54 Å². The van der Waals surface area contributed by atoms with Crippen LogP contribution in [0.25, 0.3) is 0 Å². The van der Waals surface area contributed by atoms with Crippen molar-refractivity contribution in [3.63, 3.8) is 0 Å². The zero-order chi connectivity index (χ0) is 6.24. The highest BCUT2D eigenvalue weighted by atomic mass is 16.3. The van der Waals surface area contributed by atoms with Gasteiger partial charge in [0, 0.05) is 0 Å². The largest absolute Gasteiger partial charge is 0.151 e. The lowest BCUT2D eigenvalue weighted by atomic mass is 10.2. The van der Waals surface area contributed by atoms with E-state index in [4.69, 9.17) is 0 Å². The third-order valence-corrected chi connectivity index (χ3v) is 1.10. The summed E-state index contributed by atoms with van der Waals surface area (Å²) in [5, 5.41) is 2.76. The highest BCUT2D eigenvalue weighted by molar-refractivity contribution is 4.42. The monoisotopic (exact) mass is 115 g/mol. The molecule has 0 N–H and O–H groups in total. The number of nitroso groups, excluding NO2 is 1. The number of hydrogen-bond donors (Lipinski definition) is 0. The summed E-state index contributed by atoms with van der Waals surface area (Å²) in [5.74, 6) is 0. The van der Waals surface area contributed by atoms with Crippen molar-refractivity contribution in [2.75, 3.05) is 6.54 Å². The third kappa shape index (κ3) is 5.60. The average Bonchev–Trinajstić information content (AvgIpc) is 1.81. The first kappa shape index (κ1) is 7.60. The van der Waals surface area contributed by atoms with Gasteiger partial charge in [-0.3, -0.25) is 0 Å². The predicted octanol–water partition coefficient (Wildman–Crippen LogP) is 2.33. The first-order chi connectivity index (χ1) is 3.91. The Morgan fingerprint density at radius 2 is 2.00 bits per heavy atom. The molecule has 0 aromatic rings. The van der Waals surface area contributed by atoms with E-state index in [1.165, 1.54) is 12.8 Å². The molecule has 0 radical (unpaired) electrons. The average molecular weight is 115 g/mol. The molecule has 0 aliphatic carbocycles. The second-order valence-electron chi connectivity index (χ2n) is 1.91. The maximum absolute atomic E-state index is 9.52. The van der Waals surface area contributed by atoms with Crippen LogP contribution < -0.4 is 0 Å². The van der Waals surface area contributed by atoms with Crippen LogP contribution in [0, 0.1) is 4.91 Å². The summed E-state index contributed by atoms with van der Waals surface area (Å²) in [7, 11) is 0. The molecule has 0 aliphatic heterocycles. The molecule has 0 aromatic carbocycles. The van der Waals surface area contributed by atoms with Crippen LogP contribution in [0.2, 0.25) is 0 Å². The van der Waals surface area contributed by atoms with E-state index in [2.05, 4.69) is 12.1 Å². The first-order valence-electron chi connectivity index (χ1n) is 3.21. The Kier molecular flexibility index (Phi) is 6.27. The molecule has 0 saturated heterocycles. The quantitative estimate of drug-likeness (QED) is 0.399. The van der Waals surface area contributed by atoms with Gasteiger partial charge in [0.15, 0.2) is 0 Å². The van der Waals surface area contributed by atoms with Gasteiger partial charge in [0.2, 0.25) is 0 Å². The fourth-order valence-corrected chi connectivity index (χ4v) is 0.603. The zero-order valence-electron chi connectivity index (χ0n) is 5.39. The highest BCUT2D eigenvalue weighted by Crippen LogP contribution is 1.97. The smallest absolute Gasteiger partial charge is 0.0811 e. The number of nitrogens with zero attached hydrogens (tertiary/aromatic N) is 1. The minimum atomic E-state index is 0.500. The standard InChI is InChI=1S/C6H13NO/c1-2-3-4-5-6-7-8/h2-6H2,1H3. The van der Waals surface area contributed by atoms with Crippen LogP contribution >= 0.6 is 0 Å². The molecule has 0 aliphatic rings. The maximum Gasteiger partial charge on any atom is 0.0811 e. The van der Waals surface area contributed by atoms with Crippen molar-refractivity contribution in [3.05, 3.63) is 4.91 Å². The predicted molar refractivity (Wildman–Crippen MR) is 34.8 cm³/mol. The van der Waals surface area contributed by atoms with Gasteiger partial charge in [-0.1, -0.05) is 31.4 Å². The molecule has 0 saturated carbocycles. The molecule has 0 rings (SSSR count). The van der Waals surface area contributed by atoms with Gasteiger partial charge >= 0.3 is 0 Å². The van der Waals surface area contributed by atoms with Crippen molar-refractivity contribution in [1.82, 2.24) is 0 Å². The minimum absolute atomic E-state index is 0.500. The SMILES string of the molecule is CCCCCCN=O. The van der Waals surface area contributed by atoms with E-state index in [-0.39, 0.29) is 0 Å². The molecule has 8 heavy (non-hydrogen) atoms. The van der Waals surface area contributed by atoms with E-state index < -0.39 is 0 Å². The van der Waals surface area contributed by atoms with Gasteiger partial charge in [0.1, 0.15) is 0 Å². The van der Waals surface area contributed by atoms with Crippen molar-refractivity contribution < 1.29 is 0 Å². The Balaban J connectivity index is 2.62. The number of hydrogen-bond acceptors (Lipinski definition) is 2. The molecule has 2 nitrogen and oxygen atoms in total. The Morgan fingerprint density at radius 3 is 2.50 bits per heavy atom. The molecule has 0 fully saturated rings. The Hall–Kier alpha value is -0.400. The molecule has 0 atom stereocenters. The molecular weight excluding hydrogens is 102 g/mol. The summed E-state index contributed by atoms with van der Waals surface area (Å²) in [6.45, 7) is 2.65. The minimum Gasteiger partial charge on any atom is -0.151 e. The van der Waals surface area contributed by atoms with E-state index in [9.17, 15) is 4.91 Å². The Morgan fingerprint density at radius 1 is 1.25 bits per heavy atom. The van der Waals surface area contributed by atoms with Crippen LogP contribution in [0.4, 0.5) is 0 Å². The topological polar surface area (TPSA) is 29.4 Å². The molecule has 0 aromatic heterocycles. The first-order valence-corrected chi connectivity index (χ1v) is 3.21. The van der Waals surface area contributed by atoms with E-state index in [1.54, 1.807) is 0 Å². The van der Waals surface area contributed by atoms with Crippen molar-refractivity contribution in [2.24, 2.45) is 5.18 Å². The molecule has 0 heterocycles. The maximum atomic E-state index is 9.52. The van der Waals surface area contributed by atoms with Crippen LogP contribution in [-0.2, 0) is 0 Å². The lowest BCUT2D eigenvalue weighted by Crippen LogP contribution is -1.78. The van der Waals surface area contributed by atoms with E-state index in [0.717, 1.165) is 12.8 Å². The lowest BCUT2D eigenvalue weighted by Gasteiger charge is -1.89. The lowest BCUT2D eigenvalue weighted by molar-refractivity contribution is 0.674. The second-order valence-corrected chi connectivity index (χ2v) is 1.91. The molecular formula is C6H13NO. The number of rotatable bonds is 5. The molecule has 0 spiro atoms. The summed E-state index contributed by atoms with van der Waals surface area (Å²) >= 11 is 0. The molecule has 2 heteroatoms. The summed E-state index contributed by atoms with van der Waals surface area (Å²) in [6.07, 6.45) is 4.58. The fraction of sp³-hybridized carbons (Fsp3) is 1.00. The summed E-state index contributed by atoms with van der Waals surface area (Å²) in [4.78, 5) is 9.52. The van der Waals surface area contributed by atoms with Crippen molar-refractivity contribution in [2.45, 2.75) is 32.6 Å². The van der Waals surface area contributed by atoms with Crippen molar-refractivity contribution in [1.29, 1.82) is 0 Å². The van der Waals surface area contributed by atoms with E-state index in [1.807, 2.05) is 0 Å². The summed E-state index contributed by atoms with van der Waals surface area (Å²) < 4.78 is 0. The summed E-state index contributed by atoms with van der Waals surface area (Å²) in [5.41, 5.74) is 0. The van der Waals surface area contributed by atoms with Crippen LogP contribution in [0.5, 0.6) is 0 Å². The van der Waals surface area contributed by atoms with Crippen LogP contribution in [0.3, 0.4) is 0 Å². The van der Waals surface area contributed by atoms with Gasteiger partial charge in [0.25, 0.3) is 0 Å². The van der Waals surface area contributed by atoms with Gasteiger partial charge < -0.3 is 0 Å².